The minimum absolute atomic E-state index is 0.000581. The number of likely N-dealkylation sites (N-methyl/N-ethyl adjacent to an activating group) is 1. The van der Waals surface area contributed by atoms with Crippen LogP contribution < -0.4 is 10.6 Å². The molecule has 1 rings (SSSR count). The predicted octanol–water partition coefficient (Wildman–Crippen LogP) is 0.902. The van der Waals surface area contributed by atoms with Gasteiger partial charge in [-0.1, -0.05) is 13.8 Å². The number of amides is 1. The van der Waals surface area contributed by atoms with E-state index in [9.17, 15) is 18.0 Å². The Morgan fingerprint density at radius 3 is 2.58 bits per heavy atom. The largest absolute Gasteiger partial charge is 0.401 e. The summed E-state index contributed by atoms with van der Waals surface area (Å²) >= 11 is 0. The molecule has 0 saturated carbocycles. The molecule has 6 nitrogen and oxygen atoms in total. The molecule has 24 heavy (non-hydrogen) atoms. The number of guanidine groups is 1. The van der Waals surface area contributed by atoms with Gasteiger partial charge in [-0.05, 0) is 12.3 Å². The number of rotatable bonds is 6. The van der Waals surface area contributed by atoms with Crippen LogP contribution in [0.4, 0.5) is 13.2 Å². The number of nitrogens with one attached hydrogen (secondary N) is 2. The van der Waals surface area contributed by atoms with Crippen molar-refractivity contribution in [1.29, 1.82) is 0 Å². The van der Waals surface area contributed by atoms with Crippen LogP contribution in [0.25, 0.3) is 0 Å². The van der Waals surface area contributed by atoms with Gasteiger partial charge in [0.25, 0.3) is 0 Å². The standard InChI is InChI=1S/C15H28F3N5O/c1-11(2)7-19-14(20-8-13(24)22(3)4)21-12-5-6-23(9-12)10-15(16,17)18/h11-12H,5-10H2,1-4H3,(H2,19,20,21). The van der Waals surface area contributed by atoms with Crippen molar-refractivity contribution in [3.05, 3.63) is 0 Å². The van der Waals surface area contributed by atoms with Crippen molar-refractivity contribution in [2.45, 2.75) is 32.5 Å². The molecule has 0 bridgehead atoms. The maximum absolute atomic E-state index is 12.5. The molecule has 0 aliphatic carbocycles. The number of carbonyl (C=O) groups excluding carboxylic acids is 1. The third kappa shape index (κ3) is 8.37. The van der Waals surface area contributed by atoms with E-state index in [-0.39, 0.29) is 18.5 Å². The summed E-state index contributed by atoms with van der Waals surface area (Å²) in [7, 11) is 3.30. The molecule has 1 unspecified atom stereocenters. The lowest BCUT2D eigenvalue weighted by atomic mass is 10.2. The number of nitrogens with zero attached hydrogens (tertiary/aromatic N) is 3. The van der Waals surface area contributed by atoms with Crippen LogP contribution in [0, 0.1) is 5.92 Å². The lowest BCUT2D eigenvalue weighted by molar-refractivity contribution is -0.143. The van der Waals surface area contributed by atoms with Gasteiger partial charge in [-0.15, -0.1) is 0 Å². The number of likely N-dealkylation sites (tertiary alicyclic amines) is 1. The minimum Gasteiger partial charge on any atom is -0.356 e. The molecule has 0 radical (unpaired) electrons. The number of alkyl halides is 3. The quantitative estimate of drug-likeness (QED) is 0.552. The molecule has 0 aromatic carbocycles. The number of aliphatic imine (C=N–C) groups is 1. The lowest BCUT2D eigenvalue weighted by Gasteiger charge is -2.20. The Morgan fingerprint density at radius 1 is 1.38 bits per heavy atom. The minimum atomic E-state index is -4.18. The van der Waals surface area contributed by atoms with E-state index in [0.29, 0.717) is 37.9 Å². The number of hydrogen-bond donors (Lipinski definition) is 2. The molecule has 9 heteroatoms. The Labute approximate surface area is 141 Å². The van der Waals surface area contributed by atoms with Crippen LogP contribution in [-0.4, -0.2) is 80.7 Å². The van der Waals surface area contributed by atoms with E-state index in [2.05, 4.69) is 15.6 Å². The second-order valence-corrected chi connectivity index (χ2v) is 6.71. The summed E-state index contributed by atoms with van der Waals surface area (Å²) in [4.78, 5) is 18.7. The Bertz CT molecular complexity index is 437. The lowest BCUT2D eigenvalue weighted by Crippen LogP contribution is -2.46. The highest BCUT2D eigenvalue weighted by molar-refractivity contribution is 5.84. The van der Waals surface area contributed by atoms with Crippen molar-refractivity contribution < 1.29 is 18.0 Å². The van der Waals surface area contributed by atoms with E-state index >= 15 is 0 Å². The Balaban J connectivity index is 2.58. The first-order valence-corrected chi connectivity index (χ1v) is 8.11. The summed E-state index contributed by atoms with van der Waals surface area (Å²) in [5.74, 6) is 0.718. The fourth-order valence-corrected chi connectivity index (χ4v) is 2.28. The molecule has 1 amide bonds. The Hall–Kier alpha value is -1.51. The first-order valence-electron chi connectivity index (χ1n) is 8.11. The number of carbonyl (C=O) groups is 1. The third-order valence-electron chi connectivity index (χ3n) is 3.57. The van der Waals surface area contributed by atoms with Crippen molar-refractivity contribution in [2.75, 3.05) is 46.8 Å². The molecule has 1 heterocycles. The molecule has 0 aromatic heterocycles. The van der Waals surface area contributed by atoms with Crippen LogP contribution in [0.5, 0.6) is 0 Å². The molecular formula is C15H28F3N5O. The molecule has 140 valence electrons. The fourth-order valence-electron chi connectivity index (χ4n) is 2.28. The maximum atomic E-state index is 12.5. The zero-order valence-electron chi connectivity index (χ0n) is 14.8. The van der Waals surface area contributed by atoms with Crippen LogP contribution in [0.1, 0.15) is 20.3 Å². The smallest absolute Gasteiger partial charge is 0.356 e. The highest BCUT2D eigenvalue weighted by atomic mass is 19.4. The van der Waals surface area contributed by atoms with Crippen molar-refractivity contribution in [2.24, 2.45) is 10.9 Å². The van der Waals surface area contributed by atoms with Gasteiger partial charge in [0.1, 0.15) is 6.54 Å². The van der Waals surface area contributed by atoms with Crippen LogP contribution in [0.2, 0.25) is 0 Å². The maximum Gasteiger partial charge on any atom is 0.401 e. The Kier molecular flexibility index (Phi) is 7.78. The van der Waals surface area contributed by atoms with Gasteiger partial charge in [0.2, 0.25) is 5.91 Å². The zero-order chi connectivity index (χ0) is 18.3. The SMILES string of the molecule is CC(C)CNC(=NCC(=O)N(C)C)NC1CCN(CC(F)(F)F)C1. The van der Waals surface area contributed by atoms with Crippen molar-refractivity contribution in [3.63, 3.8) is 0 Å². The second kappa shape index (κ2) is 9.10. The average molecular weight is 351 g/mol. The summed E-state index contributed by atoms with van der Waals surface area (Å²) in [6.45, 7) is 4.55. The first-order chi connectivity index (χ1) is 11.1. The summed E-state index contributed by atoms with van der Waals surface area (Å²) in [5.41, 5.74) is 0. The molecule has 1 aliphatic rings. The van der Waals surface area contributed by atoms with Gasteiger partial charge in [0.15, 0.2) is 5.96 Å². The topological polar surface area (TPSA) is 60.0 Å². The summed E-state index contributed by atoms with van der Waals surface area (Å²) < 4.78 is 37.4. The zero-order valence-corrected chi connectivity index (χ0v) is 14.8. The van der Waals surface area contributed by atoms with E-state index in [1.807, 2.05) is 13.8 Å². The van der Waals surface area contributed by atoms with E-state index in [1.165, 1.54) is 9.80 Å². The van der Waals surface area contributed by atoms with Gasteiger partial charge in [-0.2, -0.15) is 13.2 Å². The molecular weight excluding hydrogens is 323 g/mol. The second-order valence-electron chi connectivity index (χ2n) is 6.71. The molecule has 1 saturated heterocycles. The van der Waals surface area contributed by atoms with Crippen LogP contribution in [-0.2, 0) is 4.79 Å². The predicted molar refractivity (Wildman–Crippen MR) is 87.9 cm³/mol. The third-order valence-corrected chi connectivity index (χ3v) is 3.57. The number of hydrogen-bond acceptors (Lipinski definition) is 3. The molecule has 0 aromatic rings. The highest BCUT2D eigenvalue weighted by Gasteiger charge is 2.34. The summed E-state index contributed by atoms with van der Waals surface area (Å²) in [6.07, 6.45) is -3.57. The monoisotopic (exact) mass is 351 g/mol. The average Bonchev–Trinajstić information content (AvgIpc) is 2.86. The molecule has 1 atom stereocenters. The van der Waals surface area contributed by atoms with Gasteiger partial charge in [-0.3, -0.25) is 9.69 Å². The van der Waals surface area contributed by atoms with Crippen molar-refractivity contribution >= 4 is 11.9 Å². The molecule has 1 fully saturated rings. The Morgan fingerprint density at radius 2 is 2.04 bits per heavy atom. The number of halogens is 3. The fraction of sp³-hybridized carbons (Fsp3) is 0.867. The van der Waals surface area contributed by atoms with Gasteiger partial charge < -0.3 is 15.5 Å². The van der Waals surface area contributed by atoms with E-state index in [1.54, 1.807) is 14.1 Å². The van der Waals surface area contributed by atoms with E-state index < -0.39 is 12.7 Å². The molecule has 2 N–H and O–H groups in total. The summed E-state index contributed by atoms with van der Waals surface area (Å²) in [6, 6.07) is -0.111. The normalized spacial score (nSPS) is 19.7. The van der Waals surface area contributed by atoms with Crippen LogP contribution in [0.15, 0.2) is 4.99 Å². The van der Waals surface area contributed by atoms with Gasteiger partial charge in [0, 0.05) is 39.8 Å². The van der Waals surface area contributed by atoms with E-state index in [0.717, 1.165) is 0 Å². The van der Waals surface area contributed by atoms with Gasteiger partial charge in [-0.25, -0.2) is 4.99 Å². The summed E-state index contributed by atoms with van der Waals surface area (Å²) in [5, 5.41) is 6.27. The van der Waals surface area contributed by atoms with Crippen molar-refractivity contribution in [3.8, 4) is 0 Å². The molecule has 0 spiro atoms. The van der Waals surface area contributed by atoms with Crippen LogP contribution >= 0.6 is 0 Å². The van der Waals surface area contributed by atoms with Crippen molar-refractivity contribution in [1.82, 2.24) is 20.4 Å². The van der Waals surface area contributed by atoms with Gasteiger partial charge in [0.05, 0.1) is 6.54 Å². The first kappa shape index (κ1) is 20.5. The van der Waals surface area contributed by atoms with E-state index in [4.69, 9.17) is 0 Å². The highest BCUT2D eigenvalue weighted by Crippen LogP contribution is 2.19. The molecule has 1 aliphatic heterocycles. The van der Waals surface area contributed by atoms with Crippen LogP contribution in [0.3, 0.4) is 0 Å². The van der Waals surface area contributed by atoms with Gasteiger partial charge >= 0.3 is 6.18 Å².